The summed E-state index contributed by atoms with van der Waals surface area (Å²) in [6, 6.07) is 0. The van der Waals surface area contributed by atoms with E-state index in [4.69, 9.17) is 4.74 Å². The Balaban J connectivity index is 1.63. The second-order valence-corrected chi connectivity index (χ2v) is 10.0. The van der Waals surface area contributed by atoms with E-state index in [1.807, 2.05) is 0 Å². The van der Waals surface area contributed by atoms with Crippen LogP contribution in [0.3, 0.4) is 0 Å². The standard InChI is InChI=1S/C21H36O2/c1-14-7-10-19(2)15(13-14)5-6-16-17(19)8-11-20(3)18(16)9-12-21(20,22)23-4/h14-18,22H,5-13H2,1-4H3/t14?,15?,16-,17-,18+,19+,20+,21?/m1/s1. The van der Waals surface area contributed by atoms with Gasteiger partial charge in [0.2, 0.25) is 0 Å². The average molecular weight is 321 g/mol. The van der Waals surface area contributed by atoms with Gasteiger partial charge in [-0.2, -0.15) is 0 Å². The first-order valence-corrected chi connectivity index (χ1v) is 10.1. The van der Waals surface area contributed by atoms with Gasteiger partial charge in [-0.15, -0.1) is 0 Å². The number of aliphatic hydroxyl groups is 1. The number of rotatable bonds is 1. The molecule has 8 atom stereocenters. The molecule has 0 aromatic heterocycles. The zero-order valence-corrected chi connectivity index (χ0v) is 15.6. The van der Waals surface area contributed by atoms with E-state index in [1.165, 1.54) is 44.9 Å². The van der Waals surface area contributed by atoms with Crippen LogP contribution in [-0.2, 0) is 4.74 Å². The molecule has 4 saturated carbocycles. The summed E-state index contributed by atoms with van der Waals surface area (Å²) in [5.41, 5.74) is 0.554. The van der Waals surface area contributed by atoms with Crippen LogP contribution in [0.4, 0.5) is 0 Å². The van der Waals surface area contributed by atoms with Gasteiger partial charge in [-0.05, 0) is 80.0 Å². The smallest absolute Gasteiger partial charge is 0.170 e. The van der Waals surface area contributed by atoms with Crippen LogP contribution in [-0.4, -0.2) is 18.0 Å². The summed E-state index contributed by atoms with van der Waals surface area (Å²) in [4.78, 5) is 0. The van der Waals surface area contributed by atoms with E-state index in [0.717, 1.165) is 36.5 Å². The van der Waals surface area contributed by atoms with Crippen LogP contribution < -0.4 is 0 Å². The molecule has 0 saturated heterocycles. The maximum Gasteiger partial charge on any atom is 0.170 e. The Hall–Kier alpha value is -0.0800. The molecular weight excluding hydrogens is 284 g/mol. The summed E-state index contributed by atoms with van der Waals surface area (Å²) in [6.07, 6.45) is 11.6. The molecule has 2 heteroatoms. The van der Waals surface area contributed by atoms with Crippen molar-refractivity contribution in [1.82, 2.24) is 0 Å². The van der Waals surface area contributed by atoms with Gasteiger partial charge in [0.1, 0.15) is 0 Å². The lowest BCUT2D eigenvalue weighted by molar-refractivity contribution is -0.266. The molecule has 3 unspecified atom stereocenters. The Morgan fingerprint density at radius 2 is 1.65 bits per heavy atom. The van der Waals surface area contributed by atoms with Crippen molar-refractivity contribution in [3.05, 3.63) is 0 Å². The Kier molecular flexibility index (Phi) is 3.71. The van der Waals surface area contributed by atoms with Crippen molar-refractivity contribution in [2.24, 2.45) is 40.4 Å². The lowest BCUT2D eigenvalue weighted by Crippen LogP contribution is -2.56. The zero-order chi connectivity index (χ0) is 16.5. The fourth-order valence-corrected chi connectivity index (χ4v) is 7.78. The summed E-state index contributed by atoms with van der Waals surface area (Å²) in [7, 11) is 1.71. The third-order valence-electron chi connectivity index (χ3n) is 9.34. The van der Waals surface area contributed by atoms with Crippen molar-refractivity contribution >= 4 is 0 Å². The molecule has 132 valence electrons. The zero-order valence-electron chi connectivity index (χ0n) is 15.6. The van der Waals surface area contributed by atoms with Gasteiger partial charge < -0.3 is 9.84 Å². The molecule has 0 amide bonds. The average Bonchev–Trinajstić information content (AvgIpc) is 2.80. The Bertz CT molecular complexity index is 476. The van der Waals surface area contributed by atoms with E-state index in [-0.39, 0.29) is 5.41 Å². The van der Waals surface area contributed by atoms with Crippen molar-refractivity contribution in [2.45, 2.75) is 84.3 Å². The number of ether oxygens (including phenoxy) is 1. The molecule has 0 bridgehead atoms. The molecule has 0 spiro atoms. The summed E-state index contributed by atoms with van der Waals surface area (Å²) >= 11 is 0. The van der Waals surface area contributed by atoms with Gasteiger partial charge >= 0.3 is 0 Å². The van der Waals surface area contributed by atoms with Gasteiger partial charge in [0, 0.05) is 18.9 Å². The minimum absolute atomic E-state index is 0.0198. The van der Waals surface area contributed by atoms with Gasteiger partial charge in [-0.25, -0.2) is 0 Å². The first kappa shape index (κ1) is 16.4. The first-order chi connectivity index (χ1) is 10.8. The van der Waals surface area contributed by atoms with Crippen LogP contribution in [0, 0.1) is 40.4 Å². The van der Waals surface area contributed by atoms with Crippen LogP contribution in [0.2, 0.25) is 0 Å². The van der Waals surface area contributed by atoms with Crippen LogP contribution in [0.5, 0.6) is 0 Å². The summed E-state index contributed by atoms with van der Waals surface area (Å²) in [6.45, 7) is 7.40. The second kappa shape index (κ2) is 5.21. The third kappa shape index (κ3) is 2.06. The van der Waals surface area contributed by atoms with Gasteiger partial charge in [-0.1, -0.05) is 27.2 Å². The van der Waals surface area contributed by atoms with Gasteiger partial charge in [-0.3, -0.25) is 0 Å². The number of fused-ring (bicyclic) bond motifs is 5. The Morgan fingerprint density at radius 3 is 2.39 bits per heavy atom. The number of hydrogen-bond donors (Lipinski definition) is 1. The molecule has 23 heavy (non-hydrogen) atoms. The summed E-state index contributed by atoms with van der Waals surface area (Å²) in [5, 5.41) is 11.1. The highest BCUT2D eigenvalue weighted by atomic mass is 16.6. The van der Waals surface area contributed by atoms with Crippen LogP contribution in [0.25, 0.3) is 0 Å². The van der Waals surface area contributed by atoms with Crippen molar-refractivity contribution in [3.63, 3.8) is 0 Å². The van der Waals surface area contributed by atoms with Crippen molar-refractivity contribution in [1.29, 1.82) is 0 Å². The lowest BCUT2D eigenvalue weighted by atomic mass is 9.44. The quantitative estimate of drug-likeness (QED) is 0.689. The van der Waals surface area contributed by atoms with Crippen LogP contribution in [0.1, 0.15) is 78.6 Å². The van der Waals surface area contributed by atoms with Crippen molar-refractivity contribution < 1.29 is 9.84 Å². The van der Waals surface area contributed by atoms with Gasteiger partial charge in [0.25, 0.3) is 0 Å². The molecular formula is C21H36O2. The molecule has 2 nitrogen and oxygen atoms in total. The number of methoxy groups -OCH3 is 1. The topological polar surface area (TPSA) is 29.5 Å². The highest BCUT2D eigenvalue weighted by Crippen LogP contribution is 2.68. The fraction of sp³-hybridized carbons (Fsp3) is 1.00. The van der Waals surface area contributed by atoms with E-state index in [1.54, 1.807) is 7.11 Å². The minimum atomic E-state index is -0.874. The molecule has 0 heterocycles. The van der Waals surface area contributed by atoms with E-state index in [9.17, 15) is 5.11 Å². The molecule has 4 aliphatic carbocycles. The van der Waals surface area contributed by atoms with Crippen LogP contribution in [0.15, 0.2) is 0 Å². The predicted molar refractivity (Wildman–Crippen MR) is 92.8 cm³/mol. The molecule has 4 aliphatic rings. The highest BCUT2D eigenvalue weighted by Gasteiger charge is 2.64. The second-order valence-electron chi connectivity index (χ2n) is 10.0. The fourth-order valence-electron chi connectivity index (χ4n) is 7.78. The largest absolute Gasteiger partial charge is 0.365 e. The molecule has 0 radical (unpaired) electrons. The minimum Gasteiger partial charge on any atom is -0.365 e. The number of hydrogen-bond acceptors (Lipinski definition) is 2. The van der Waals surface area contributed by atoms with E-state index in [0.29, 0.717) is 11.3 Å². The normalized spacial score (nSPS) is 59.1. The molecule has 0 aliphatic heterocycles. The third-order valence-corrected chi connectivity index (χ3v) is 9.34. The van der Waals surface area contributed by atoms with Crippen LogP contribution >= 0.6 is 0 Å². The van der Waals surface area contributed by atoms with Crippen molar-refractivity contribution in [2.75, 3.05) is 7.11 Å². The Labute approximate surface area is 142 Å². The van der Waals surface area contributed by atoms with E-state index in [2.05, 4.69) is 20.8 Å². The maximum atomic E-state index is 11.1. The predicted octanol–water partition coefficient (Wildman–Crippen LogP) is 5.00. The first-order valence-electron chi connectivity index (χ1n) is 10.1. The molecule has 0 aromatic carbocycles. The van der Waals surface area contributed by atoms with Crippen molar-refractivity contribution in [3.8, 4) is 0 Å². The maximum absolute atomic E-state index is 11.1. The molecule has 4 fully saturated rings. The van der Waals surface area contributed by atoms with Gasteiger partial charge in [0.05, 0.1) is 0 Å². The molecule has 1 N–H and O–H groups in total. The monoisotopic (exact) mass is 320 g/mol. The SMILES string of the molecule is COC1(O)CC[C@H]2[C@@H]3CCC4CC(C)CC[C@]4(C)[C@@H]3CC[C@@]21C. The molecule has 4 rings (SSSR count). The lowest BCUT2D eigenvalue weighted by Gasteiger charge is -2.61. The Morgan fingerprint density at radius 1 is 0.913 bits per heavy atom. The summed E-state index contributed by atoms with van der Waals surface area (Å²) in [5.74, 6) is 3.41. The van der Waals surface area contributed by atoms with E-state index >= 15 is 0 Å². The van der Waals surface area contributed by atoms with E-state index < -0.39 is 5.79 Å². The highest BCUT2D eigenvalue weighted by molar-refractivity contribution is 5.11. The molecule has 0 aromatic rings. The van der Waals surface area contributed by atoms with Gasteiger partial charge in [0.15, 0.2) is 5.79 Å². The summed E-state index contributed by atoms with van der Waals surface area (Å²) < 4.78 is 5.65.